The second-order valence-corrected chi connectivity index (χ2v) is 3.51. The molecule has 0 amide bonds. The van der Waals surface area contributed by atoms with E-state index in [4.69, 9.17) is 0 Å². The molecule has 0 aromatic carbocycles. The molecule has 2 aromatic heterocycles. The first-order valence-electron chi connectivity index (χ1n) is 5.17. The van der Waals surface area contributed by atoms with Crippen LogP contribution in [0.5, 0.6) is 0 Å². The predicted molar refractivity (Wildman–Crippen MR) is 61.6 cm³/mol. The average molecular weight is 251 g/mol. The Labute approximate surface area is 101 Å². The van der Waals surface area contributed by atoms with Crippen LogP contribution in [0.4, 0.5) is 15.9 Å². The third-order valence-electron chi connectivity index (χ3n) is 2.20. The molecule has 0 aliphatic carbocycles. The van der Waals surface area contributed by atoms with Gasteiger partial charge in [0.25, 0.3) is 0 Å². The summed E-state index contributed by atoms with van der Waals surface area (Å²) in [6, 6.07) is 2.81. The predicted octanol–water partition coefficient (Wildman–Crippen LogP) is 1.44. The molecule has 0 radical (unpaired) electrons. The maximum absolute atomic E-state index is 12.6. The number of nitro groups is 1. The molecule has 0 aliphatic heterocycles. The highest BCUT2D eigenvalue weighted by molar-refractivity contribution is 5.33. The Morgan fingerprint density at radius 1 is 1.44 bits per heavy atom. The number of hydrogen-bond acceptors (Lipinski definition) is 5. The van der Waals surface area contributed by atoms with Crippen LogP contribution < -0.4 is 5.32 Å². The van der Waals surface area contributed by atoms with Crippen molar-refractivity contribution in [3.63, 3.8) is 0 Å². The van der Waals surface area contributed by atoms with E-state index in [1.54, 1.807) is 0 Å². The Hall–Kier alpha value is -2.51. The topological polar surface area (TPSA) is 85.9 Å². The Balaban J connectivity index is 1.84. The van der Waals surface area contributed by atoms with E-state index in [1.165, 1.54) is 29.2 Å². The minimum atomic E-state index is -0.502. The quantitative estimate of drug-likeness (QED) is 0.641. The highest BCUT2D eigenvalue weighted by Crippen LogP contribution is 2.07. The fourth-order valence-corrected chi connectivity index (χ4v) is 1.35. The van der Waals surface area contributed by atoms with E-state index in [9.17, 15) is 14.5 Å². The Morgan fingerprint density at radius 3 is 2.89 bits per heavy atom. The summed E-state index contributed by atoms with van der Waals surface area (Å²) in [5, 5.41) is 17.2. The molecule has 0 aliphatic rings. The molecule has 18 heavy (non-hydrogen) atoms. The van der Waals surface area contributed by atoms with Gasteiger partial charge in [-0.2, -0.15) is 5.10 Å². The van der Waals surface area contributed by atoms with Crippen LogP contribution in [0.15, 0.2) is 30.7 Å². The minimum absolute atomic E-state index is 0.0464. The van der Waals surface area contributed by atoms with Gasteiger partial charge in [0.1, 0.15) is 24.0 Å². The van der Waals surface area contributed by atoms with Crippen LogP contribution in [0.3, 0.4) is 0 Å². The van der Waals surface area contributed by atoms with Crippen LogP contribution in [0.1, 0.15) is 0 Å². The highest BCUT2D eigenvalue weighted by atomic mass is 19.1. The summed E-state index contributed by atoms with van der Waals surface area (Å²) >= 11 is 0. The third kappa shape index (κ3) is 3.00. The summed E-state index contributed by atoms with van der Waals surface area (Å²) in [5.41, 5.74) is -0.0464. The van der Waals surface area contributed by atoms with Gasteiger partial charge in [-0.1, -0.05) is 0 Å². The molecule has 94 valence electrons. The van der Waals surface area contributed by atoms with Crippen molar-refractivity contribution < 1.29 is 9.31 Å². The second-order valence-electron chi connectivity index (χ2n) is 3.51. The average Bonchev–Trinajstić information content (AvgIpc) is 2.81. The van der Waals surface area contributed by atoms with Gasteiger partial charge in [-0.05, 0) is 12.1 Å². The summed E-state index contributed by atoms with van der Waals surface area (Å²) in [4.78, 5) is 13.7. The van der Waals surface area contributed by atoms with Crippen LogP contribution in [-0.2, 0) is 6.54 Å². The number of aromatic nitrogens is 3. The van der Waals surface area contributed by atoms with E-state index in [2.05, 4.69) is 15.4 Å². The van der Waals surface area contributed by atoms with Crippen molar-refractivity contribution in [3.8, 4) is 0 Å². The van der Waals surface area contributed by atoms with Crippen molar-refractivity contribution in [2.45, 2.75) is 6.54 Å². The van der Waals surface area contributed by atoms with E-state index < -0.39 is 10.7 Å². The van der Waals surface area contributed by atoms with Crippen LogP contribution in [0.25, 0.3) is 0 Å². The van der Waals surface area contributed by atoms with E-state index in [0.717, 1.165) is 6.20 Å². The van der Waals surface area contributed by atoms with Crippen molar-refractivity contribution in [1.82, 2.24) is 14.8 Å². The zero-order valence-corrected chi connectivity index (χ0v) is 9.28. The lowest BCUT2D eigenvalue weighted by molar-refractivity contribution is -0.385. The van der Waals surface area contributed by atoms with Crippen molar-refractivity contribution in [2.75, 3.05) is 11.9 Å². The molecule has 0 spiro atoms. The van der Waals surface area contributed by atoms with Gasteiger partial charge in [0.2, 0.25) is 0 Å². The lowest BCUT2D eigenvalue weighted by Gasteiger charge is -2.04. The van der Waals surface area contributed by atoms with Crippen LogP contribution in [0.2, 0.25) is 0 Å². The van der Waals surface area contributed by atoms with Crippen molar-refractivity contribution in [2.24, 2.45) is 0 Å². The van der Waals surface area contributed by atoms with Gasteiger partial charge < -0.3 is 5.32 Å². The van der Waals surface area contributed by atoms with Gasteiger partial charge in [-0.3, -0.25) is 14.8 Å². The molecule has 0 saturated heterocycles. The molecular weight excluding hydrogens is 241 g/mol. The largest absolute Gasteiger partial charge is 0.368 e. The number of halogens is 1. The third-order valence-corrected chi connectivity index (χ3v) is 2.20. The fraction of sp³-hybridized carbons (Fsp3) is 0.200. The molecule has 0 saturated carbocycles. The van der Waals surface area contributed by atoms with Crippen LogP contribution in [0, 0.1) is 15.9 Å². The first kappa shape index (κ1) is 12.0. The van der Waals surface area contributed by atoms with Gasteiger partial charge >= 0.3 is 5.69 Å². The molecule has 2 aromatic rings. The van der Waals surface area contributed by atoms with Crippen molar-refractivity contribution in [1.29, 1.82) is 0 Å². The van der Waals surface area contributed by atoms with E-state index >= 15 is 0 Å². The standard InChI is InChI=1S/C10H10FN5O2/c11-8-1-2-10(13-5-8)12-3-4-15-7-9(6-14-15)16(17)18/h1-2,5-7H,3-4H2,(H,12,13). The molecular formula is C10H10FN5O2. The molecule has 8 heteroatoms. The highest BCUT2D eigenvalue weighted by Gasteiger charge is 2.07. The van der Waals surface area contributed by atoms with Gasteiger partial charge in [0.05, 0.1) is 17.7 Å². The van der Waals surface area contributed by atoms with Crippen LogP contribution in [-0.4, -0.2) is 26.2 Å². The summed E-state index contributed by atoms with van der Waals surface area (Å²) in [7, 11) is 0. The van der Waals surface area contributed by atoms with Gasteiger partial charge in [0.15, 0.2) is 0 Å². The number of rotatable bonds is 5. The Bertz CT molecular complexity index is 539. The van der Waals surface area contributed by atoms with Gasteiger partial charge in [-0.25, -0.2) is 9.37 Å². The molecule has 2 rings (SSSR count). The number of anilines is 1. The fourth-order valence-electron chi connectivity index (χ4n) is 1.35. The minimum Gasteiger partial charge on any atom is -0.368 e. The SMILES string of the molecule is O=[N+]([O-])c1cnn(CCNc2ccc(F)cn2)c1. The summed E-state index contributed by atoms with van der Waals surface area (Å²) < 4.78 is 14.0. The van der Waals surface area contributed by atoms with E-state index in [-0.39, 0.29) is 5.69 Å². The maximum atomic E-state index is 12.6. The summed E-state index contributed by atoms with van der Waals surface area (Å²) in [6.07, 6.45) is 3.65. The lowest BCUT2D eigenvalue weighted by Crippen LogP contribution is -2.11. The van der Waals surface area contributed by atoms with Crippen LogP contribution >= 0.6 is 0 Å². The van der Waals surface area contributed by atoms with E-state index in [1.807, 2.05) is 0 Å². The Morgan fingerprint density at radius 2 is 2.28 bits per heavy atom. The zero-order chi connectivity index (χ0) is 13.0. The van der Waals surface area contributed by atoms with Crippen molar-refractivity contribution >= 4 is 11.5 Å². The number of hydrogen-bond donors (Lipinski definition) is 1. The Kier molecular flexibility index (Phi) is 3.46. The number of nitrogens with one attached hydrogen (secondary N) is 1. The molecule has 0 bridgehead atoms. The normalized spacial score (nSPS) is 10.3. The van der Waals surface area contributed by atoms with Gasteiger partial charge in [-0.15, -0.1) is 0 Å². The summed E-state index contributed by atoms with van der Waals surface area (Å²) in [6.45, 7) is 0.935. The first-order chi connectivity index (χ1) is 8.65. The van der Waals surface area contributed by atoms with Crippen molar-refractivity contribution in [3.05, 3.63) is 46.7 Å². The zero-order valence-electron chi connectivity index (χ0n) is 9.28. The second kappa shape index (κ2) is 5.21. The monoisotopic (exact) mass is 251 g/mol. The van der Waals surface area contributed by atoms with E-state index in [0.29, 0.717) is 18.9 Å². The van der Waals surface area contributed by atoms with Gasteiger partial charge in [0, 0.05) is 6.54 Å². The molecule has 7 nitrogen and oxygen atoms in total. The maximum Gasteiger partial charge on any atom is 0.306 e. The lowest BCUT2D eigenvalue weighted by atomic mass is 10.4. The smallest absolute Gasteiger partial charge is 0.306 e. The molecule has 2 heterocycles. The first-order valence-corrected chi connectivity index (χ1v) is 5.17. The molecule has 0 fully saturated rings. The molecule has 0 atom stereocenters. The molecule has 1 N–H and O–H groups in total. The number of pyridine rings is 1. The summed E-state index contributed by atoms with van der Waals surface area (Å²) in [5.74, 6) is 0.140. The number of nitrogens with zero attached hydrogens (tertiary/aromatic N) is 4. The molecule has 0 unspecified atom stereocenters.